The lowest BCUT2D eigenvalue weighted by atomic mass is 9.93. The molecule has 2 heterocycles. The predicted octanol–water partition coefficient (Wildman–Crippen LogP) is 9.64. The van der Waals surface area contributed by atoms with Crippen LogP contribution in [0.25, 0.3) is 74.9 Å². The number of hydrogen-bond donors (Lipinski definition) is 0. The van der Waals surface area contributed by atoms with Gasteiger partial charge in [-0.2, -0.15) is 0 Å². The van der Waals surface area contributed by atoms with E-state index in [-0.39, 0.29) is 0 Å². The number of rotatable bonds is 2. The zero-order valence-corrected chi connectivity index (χ0v) is 20.7. The fraction of sp³-hybridized carbons (Fsp3) is 0. The molecule has 0 aliphatic heterocycles. The van der Waals surface area contributed by atoms with Gasteiger partial charge in [-0.05, 0) is 56.6 Å². The van der Waals surface area contributed by atoms with E-state index in [1.807, 2.05) is 17.5 Å². The van der Waals surface area contributed by atoms with Crippen LogP contribution < -0.4 is 0 Å². The highest BCUT2D eigenvalue weighted by molar-refractivity contribution is 7.26. The lowest BCUT2D eigenvalue weighted by Gasteiger charge is -2.12. The smallest absolute Gasteiger partial charge is 0.116 e. The second-order valence-electron chi connectivity index (χ2n) is 9.45. The van der Waals surface area contributed by atoms with Gasteiger partial charge >= 0.3 is 0 Å². The summed E-state index contributed by atoms with van der Waals surface area (Å²) in [6.45, 7) is 0. The van der Waals surface area contributed by atoms with Gasteiger partial charge in [0.15, 0.2) is 0 Å². The highest BCUT2D eigenvalue weighted by atomic mass is 32.1. The van der Waals surface area contributed by atoms with Gasteiger partial charge in [-0.15, -0.1) is 11.3 Å². The summed E-state index contributed by atoms with van der Waals surface area (Å²) < 4.78 is 2.67. The van der Waals surface area contributed by atoms with Crippen molar-refractivity contribution in [3.8, 4) is 22.3 Å². The van der Waals surface area contributed by atoms with E-state index >= 15 is 0 Å². The van der Waals surface area contributed by atoms with Crippen LogP contribution in [0.15, 0.2) is 122 Å². The summed E-state index contributed by atoms with van der Waals surface area (Å²) >= 11 is 1.87. The molecule has 0 aliphatic carbocycles. The van der Waals surface area contributed by atoms with E-state index in [4.69, 9.17) is 4.98 Å². The molecule has 8 rings (SSSR count). The van der Waals surface area contributed by atoms with Gasteiger partial charge < -0.3 is 0 Å². The number of aromatic nitrogens is 2. The van der Waals surface area contributed by atoms with Crippen LogP contribution in [0.3, 0.4) is 0 Å². The quantitative estimate of drug-likeness (QED) is 0.226. The van der Waals surface area contributed by atoms with E-state index in [9.17, 15) is 0 Å². The van der Waals surface area contributed by atoms with Crippen LogP contribution >= 0.6 is 11.3 Å². The summed E-state index contributed by atoms with van der Waals surface area (Å²) in [5, 5.41) is 8.55. The van der Waals surface area contributed by atoms with Crippen LogP contribution in [0.5, 0.6) is 0 Å². The number of fused-ring (bicyclic) bond motifs is 9. The molecule has 0 radical (unpaired) electrons. The molecule has 8 aromatic rings. The van der Waals surface area contributed by atoms with Gasteiger partial charge in [0, 0.05) is 37.1 Å². The minimum Gasteiger partial charge on any atom is -0.244 e. The number of hydrogen-bond acceptors (Lipinski definition) is 3. The van der Waals surface area contributed by atoms with E-state index in [1.54, 1.807) is 6.33 Å². The Balaban J connectivity index is 1.34. The first-order chi connectivity index (χ1) is 18.3. The molecule has 6 aromatic carbocycles. The molecule has 2 aromatic heterocycles. The molecule has 172 valence electrons. The molecule has 0 fully saturated rings. The molecule has 0 unspecified atom stereocenters. The van der Waals surface area contributed by atoms with Crippen molar-refractivity contribution in [3.63, 3.8) is 0 Å². The van der Waals surface area contributed by atoms with Crippen molar-refractivity contribution in [2.45, 2.75) is 0 Å². The van der Waals surface area contributed by atoms with Crippen LogP contribution in [-0.4, -0.2) is 9.97 Å². The van der Waals surface area contributed by atoms with Crippen molar-refractivity contribution in [1.29, 1.82) is 0 Å². The highest BCUT2D eigenvalue weighted by Gasteiger charge is 2.13. The molecule has 0 saturated heterocycles. The summed E-state index contributed by atoms with van der Waals surface area (Å²) in [4.78, 5) is 9.03. The van der Waals surface area contributed by atoms with Crippen molar-refractivity contribution < 1.29 is 0 Å². The lowest BCUT2D eigenvalue weighted by Crippen LogP contribution is -1.88. The third-order valence-electron chi connectivity index (χ3n) is 7.41. The second kappa shape index (κ2) is 7.95. The Morgan fingerprint density at radius 1 is 0.486 bits per heavy atom. The summed E-state index contributed by atoms with van der Waals surface area (Å²) in [5.74, 6) is 0. The minimum absolute atomic E-state index is 0.997. The molecule has 0 amide bonds. The number of nitrogens with zero attached hydrogens (tertiary/aromatic N) is 2. The molecular formula is C34H20N2S. The van der Waals surface area contributed by atoms with Crippen LogP contribution in [-0.2, 0) is 0 Å². The summed E-state index contributed by atoms with van der Waals surface area (Å²) in [5.41, 5.74) is 5.91. The topological polar surface area (TPSA) is 25.8 Å². The highest BCUT2D eigenvalue weighted by Crippen LogP contribution is 2.41. The standard InChI is InChI=1S/C34H20N2S/c1-2-10-26-25(9-1)27-16-15-22(18-30(27)33-31(26)19-35-20-36-33)21-7-5-8-23(17-21)24-12-6-13-29-28-11-3-4-14-32(28)37-34(24)29/h1-20H. The number of thiophene rings is 1. The van der Waals surface area contributed by atoms with Crippen molar-refractivity contribution in [1.82, 2.24) is 9.97 Å². The van der Waals surface area contributed by atoms with E-state index in [1.165, 1.54) is 58.6 Å². The second-order valence-corrected chi connectivity index (χ2v) is 10.5. The van der Waals surface area contributed by atoms with Crippen LogP contribution in [0.4, 0.5) is 0 Å². The Bertz CT molecular complexity index is 2120. The van der Waals surface area contributed by atoms with Crippen molar-refractivity contribution in [2.24, 2.45) is 0 Å². The molecule has 2 nitrogen and oxygen atoms in total. The summed E-state index contributed by atoms with van der Waals surface area (Å²) in [6, 6.07) is 39.6. The van der Waals surface area contributed by atoms with E-state index in [0.717, 1.165) is 16.3 Å². The van der Waals surface area contributed by atoms with Crippen molar-refractivity contribution in [3.05, 3.63) is 122 Å². The third kappa shape index (κ3) is 3.11. The fourth-order valence-electron chi connectivity index (χ4n) is 5.69. The maximum Gasteiger partial charge on any atom is 0.116 e. The maximum absolute atomic E-state index is 4.70. The van der Waals surface area contributed by atoms with Crippen molar-refractivity contribution in [2.75, 3.05) is 0 Å². The largest absolute Gasteiger partial charge is 0.244 e. The average Bonchev–Trinajstić information content (AvgIpc) is 3.36. The zero-order valence-electron chi connectivity index (χ0n) is 19.8. The minimum atomic E-state index is 0.997. The molecular weight excluding hydrogens is 468 g/mol. The van der Waals surface area contributed by atoms with E-state index < -0.39 is 0 Å². The van der Waals surface area contributed by atoms with Gasteiger partial charge in [0.1, 0.15) is 6.33 Å². The Hall–Kier alpha value is -4.60. The van der Waals surface area contributed by atoms with Gasteiger partial charge in [-0.25, -0.2) is 9.97 Å². The Morgan fingerprint density at radius 2 is 1.19 bits per heavy atom. The maximum atomic E-state index is 4.70. The molecule has 0 atom stereocenters. The molecule has 0 spiro atoms. The van der Waals surface area contributed by atoms with Gasteiger partial charge in [-0.3, -0.25) is 0 Å². The first kappa shape index (κ1) is 20.6. The molecule has 0 N–H and O–H groups in total. The number of benzene rings is 6. The molecule has 0 bridgehead atoms. The Morgan fingerprint density at radius 3 is 2.11 bits per heavy atom. The van der Waals surface area contributed by atoms with Gasteiger partial charge in [0.2, 0.25) is 0 Å². The van der Waals surface area contributed by atoms with Crippen LogP contribution in [0, 0.1) is 0 Å². The Labute approximate surface area is 217 Å². The normalized spacial score (nSPS) is 11.8. The van der Waals surface area contributed by atoms with Crippen LogP contribution in [0.2, 0.25) is 0 Å². The Kier molecular flexibility index (Phi) is 4.42. The average molecular weight is 489 g/mol. The first-order valence-electron chi connectivity index (χ1n) is 12.4. The molecule has 0 aliphatic rings. The molecule has 0 saturated carbocycles. The van der Waals surface area contributed by atoms with Crippen LogP contribution in [0.1, 0.15) is 0 Å². The SMILES string of the molecule is c1cc(-c2ccc3c4ccccc4c4cncnc4c3c2)cc(-c2cccc3c2sc2ccccc23)c1. The fourth-order valence-corrected chi connectivity index (χ4v) is 6.93. The predicted molar refractivity (Wildman–Crippen MR) is 158 cm³/mol. The monoisotopic (exact) mass is 488 g/mol. The third-order valence-corrected chi connectivity index (χ3v) is 8.63. The molecule has 3 heteroatoms. The summed E-state index contributed by atoms with van der Waals surface area (Å²) in [7, 11) is 0. The zero-order chi connectivity index (χ0) is 24.3. The molecule has 37 heavy (non-hydrogen) atoms. The van der Waals surface area contributed by atoms with E-state index in [2.05, 4.69) is 114 Å². The van der Waals surface area contributed by atoms with Crippen molar-refractivity contribution >= 4 is 64.0 Å². The lowest BCUT2D eigenvalue weighted by molar-refractivity contribution is 1.23. The van der Waals surface area contributed by atoms with Gasteiger partial charge in [0.05, 0.1) is 5.52 Å². The van der Waals surface area contributed by atoms with E-state index in [0.29, 0.717) is 0 Å². The van der Waals surface area contributed by atoms with Gasteiger partial charge in [0.25, 0.3) is 0 Å². The summed E-state index contributed by atoms with van der Waals surface area (Å²) in [6.07, 6.45) is 3.58. The van der Waals surface area contributed by atoms with Gasteiger partial charge in [-0.1, -0.05) is 91.0 Å². The first-order valence-corrected chi connectivity index (χ1v) is 13.2.